The van der Waals surface area contributed by atoms with Crippen LogP contribution in [0.4, 0.5) is 0 Å². The largest absolute Gasteiger partial charge is 0.376 e. The lowest BCUT2D eigenvalue weighted by Crippen LogP contribution is -2.55. The number of ether oxygens (including phenoxy) is 1. The van der Waals surface area contributed by atoms with Gasteiger partial charge in [0.25, 0.3) is 0 Å². The molecule has 2 saturated heterocycles. The van der Waals surface area contributed by atoms with E-state index < -0.39 is 0 Å². The van der Waals surface area contributed by atoms with Crippen LogP contribution in [0, 0.1) is 0 Å². The number of aliphatic imine (C=N–C) groups is 1. The van der Waals surface area contributed by atoms with Crippen LogP contribution in [0.3, 0.4) is 0 Å². The Labute approximate surface area is 180 Å². The second-order valence-corrected chi connectivity index (χ2v) is 8.82. The van der Waals surface area contributed by atoms with E-state index in [2.05, 4.69) is 34.2 Å². The molecule has 2 aliphatic heterocycles. The van der Waals surface area contributed by atoms with Crippen LogP contribution in [-0.2, 0) is 4.74 Å². The molecule has 1 atom stereocenters. The van der Waals surface area contributed by atoms with Gasteiger partial charge in [-0.05, 0) is 32.6 Å². The average molecular weight is 497 g/mol. The Morgan fingerprint density at radius 2 is 1.92 bits per heavy atom. The highest BCUT2D eigenvalue weighted by Crippen LogP contribution is 2.35. The topological polar surface area (TPSA) is 48.9 Å². The van der Waals surface area contributed by atoms with Crippen molar-refractivity contribution < 1.29 is 4.74 Å². The quantitative estimate of drug-likeness (QED) is 0.336. The molecule has 2 N–H and O–H groups in total. The number of guanidine groups is 1. The van der Waals surface area contributed by atoms with E-state index >= 15 is 0 Å². The van der Waals surface area contributed by atoms with Gasteiger partial charge in [0.2, 0.25) is 0 Å². The normalized spacial score (nSPS) is 27.0. The third-order valence-corrected chi connectivity index (χ3v) is 6.81. The third-order valence-electron chi connectivity index (χ3n) is 5.86. The van der Waals surface area contributed by atoms with Crippen LogP contribution in [0.15, 0.2) is 4.99 Å². The minimum absolute atomic E-state index is 0. The fourth-order valence-corrected chi connectivity index (χ4v) is 5.31. The molecule has 26 heavy (non-hydrogen) atoms. The lowest BCUT2D eigenvalue weighted by molar-refractivity contribution is 0.0671. The zero-order valence-corrected chi connectivity index (χ0v) is 19.4. The zero-order chi connectivity index (χ0) is 17.4. The molecule has 0 amide bonds. The first-order chi connectivity index (χ1) is 12.3. The molecule has 1 aliphatic carbocycles. The SMILES string of the molecule is CCNC(=NCC1(N2CCSCC2)CCCCC1)NCC1CCCO1.I. The highest BCUT2D eigenvalue weighted by molar-refractivity contribution is 14.0. The van der Waals surface area contributed by atoms with Crippen molar-refractivity contribution in [3.8, 4) is 0 Å². The second-order valence-electron chi connectivity index (χ2n) is 7.60. The Kier molecular flexibility index (Phi) is 10.4. The molecule has 3 fully saturated rings. The molecule has 0 aromatic rings. The number of nitrogens with zero attached hydrogens (tertiary/aromatic N) is 2. The van der Waals surface area contributed by atoms with Crippen molar-refractivity contribution in [2.75, 3.05) is 50.8 Å². The van der Waals surface area contributed by atoms with E-state index in [1.807, 2.05) is 0 Å². The van der Waals surface area contributed by atoms with Crippen LogP contribution >= 0.6 is 35.7 Å². The lowest BCUT2D eigenvalue weighted by Gasteiger charge is -2.47. The number of hydrogen-bond acceptors (Lipinski definition) is 4. The van der Waals surface area contributed by atoms with Crippen molar-refractivity contribution in [2.45, 2.75) is 63.5 Å². The monoisotopic (exact) mass is 496 g/mol. The third kappa shape index (κ3) is 6.41. The van der Waals surface area contributed by atoms with E-state index in [0.717, 1.165) is 32.2 Å². The van der Waals surface area contributed by atoms with Gasteiger partial charge < -0.3 is 15.4 Å². The molecule has 0 bridgehead atoms. The first-order valence-corrected chi connectivity index (χ1v) is 11.4. The predicted octanol–water partition coefficient (Wildman–Crippen LogP) is 3.09. The lowest BCUT2D eigenvalue weighted by atomic mass is 9.80. The minimum Gasteiger partial charge on any atom is -0.376 e. The van der Waals surface area contributed by atoms with E-state index in [1.54, 1.807) is 0 Å². The summed E-state index contributed by atoms with van der Waals surface area (Å²) in [6, 6.07) is 0. The van der Waals surface area contributed by atoms with Gasteiger partial charge in [0.15, 0.2) is 5.96 Å². The highest BCUT2D eigenvalue weighted by Gasteiger charge is 2.38. The summed E-state index contributed by atoms with van der Waals surface area (Å²) in [4.78, 5) is 7.80. The summed E-state index contributed by atoms with van der Waals surface area (Å²) in [5, 5.41) is 6.94. The fourth-order valence-electron chi connectivity index (χ4n) is 4.41. The van der Waals surface area contributed by atoms with Gasteiger partial charge in [-0.3, -0.25) is 9.89 Å². The second kappa shape index (κ2) is 12.0. The Bertz CT molecular complexity index is 420. The molecule has 0 spiro atoms. The van der Waals surface area contributed by atoms with Gasteiger partial charge in [-0.1, -0.05) is 19.3 Å². The van der Waals surface area contributed by atoms with Crippen LogP contribution in [0.2, 0.25) is 0 Å². The number of rotatable bonds is 6. The first kappa shape index (κ1) is 22.6. The Hall–Kier alpha value is 0.270. The van der Waals surface area contributed by atoms with Gasteiger partial charge in [-0.25, -0.2) is 0 Å². The van der Waals surface area contributed by atoms with Crippen molar-refractivity contribution >= 4 is 41.7 Å². The van der Waals surface area contributed by atoms with Crippen molar-refractivity contribution in [3.63, 3.8) is 0 Å². The van der Waals surface area contributed by atoms with Crippen LogP contribution in [0.25, 0.3) is 0 Å². The van der Waals surface area contributed by atoms with Crippen molar-refractivity contribution in [1.29, 1.82) is 0 Å². The van der Waals surface area contributed by atoms with E-state index in [0.29, 0.717) is 11.6 Å². The molecule has 5 nitrogen and oxygen atoms in total. The zero-order valence-electron chi connectivity index (χ0n) is 16.3. The summed E-state index contributed by atoms with van der Waals surface area (Å²) >= 11 is 2.10. The molecular formula is C19H37IN4OS. The average Bonchev–Trinajstić information content (AvgIpc) is 3.19. The molecule has 152 valence electrons. The molecule has 0 radical (unpaired) electrons. The Balaban J connectivity index is 0.00000243. The van der Waals surface area contributed by atoms with E-state index in [9.17, 15) is 0 Å². The summed E-state index contributed by atoms with van der Waals surface area (Å²) in [5.41, 5.74) is 0.297. The van der Waals surface area contributed by atoms with E-state index in [1.165, 1.54) is 69.5 Å². The van der Waals surface area contributed by atoms with Crippen LogP contribution < -0.4 is 10.6 Å². The fraction of sp³-hybridized carbons (Fsp3) is 0.947. The van der Waals surface area contributed by atoms with Gasteiger partial charge in [0, 0.05) is 49.8 Å². The molecule has 3 aliphatic rings. The number of hydrogen-bond donors (Lipinski definition) is 2. The maximum atomic E-state index is 5.74. The van der Waals surface area contributed by atoms with E-state index in [4.69, 9.17) is 9.73 Å². The van der Waals surface area contributed by atoms with E-state index in [-0.39, 0.29) is 24.0 Å². The highest BCUT2D eigenvalue weighted by atomic mass is 127. The Morgan fingerprint density at radius 1 is 1.15 bits per heavy atom. The molecule has 3 rings (SSSR count). The number of nitrogens with one attached hydrogen (secondary N) is 2. The Morgan fingerprint density at radius 3 is 2.58 bits per heavy atom. The molecule has 1 unspecified atom stereocenters. The first-order valence-electron chi connectivity index (χ1n) is 10.3. The van der Waals surface area contributed by atoms with Gasteiger partial charge in [-0.15, -0.1) is 24.0 Å². The molecule has 1 saturated carbocycles. The van der Waals surface area contributed by atoms with Crippen LogP contribution in [-0.4, -0.2) is 73.3 Å². The van der Waals surface area contributed by atoms with Crippen molar-refractivity contribution in [3.05, 3.63) is 0 Å². The number of halogens is 1. The smallest absolute Gasteiger partial charge is 0.191 e. The van der Waals surface area contributed by atoms with Gasteiger partial charge >= 0.3 is 0 Å². The molecule has 0 aromatic heterocycles. The summed E-state index contributed by atoms with van der Waals surface area (Å²) in [5.74, 6) is 3.53. The maximum Gasteiger partial charge on any atom is 0.191 e. The molecular weight excluding hydrogens is 459 g/mol. The summed E-state index contributed by atoms with van der Waals surface area (Å²) in [6.45, 7) is 8.24. The van der Waals surface area contributed by atoms with Gasteiger partial charge in [-0.2, -0.15) is 11.8 Å². The molecule has 0 aromatic carbocycles. The van der Waals surface area contributed by atoms with Crippen molar-refractivity contribution in [2.24, 2.45) is 4.99 Å². The summed E-state index contributed by atoms with van der Waals surface area (Å²) < 4.78 is 5.74. The molecule has 2 heterocycles. The number of thioether (sulfide) groups is 1. The molecule has 7 heteroatoms. The van der Waals surface area contributed by atoms with Crippen LogP contribution in [0.1, 0.15) is 51.9 Å². The predicted molar refractivity (Wildman–Crippen MR) is 123 cm³/mol. The maximum absolute atomic E-state index is 5.74. The van der Waals surface area contributed by atoms with Gasteiger partial charge in [0.05, 0.1) is 12.6 Å². The summed E-state index contributed by atoms with van der Waals surface area (Å²) in [6.07, 6.45) is 9.45. The standard InChI is InChI=1S/C19H36N4OS.HI/c1-2-20-18(21-15-17-7-6-12-24-17)22-16-19(8-4-3-5-9-19)23-10-13-25-14-11-23;/h17H,2-16H2,1H3,(H2,20,21,22);1H. The minimum atomic E-state index is 0. The van der Waals surface area contributed by atoms with Gasteiger partial charge in [0.1, 0.15) is 0 Å². The summed E-state index contributed by atoms with van der Waals surface area (Å²) in [7, 11) is 0. The van der Waals surface area contributed by atoms with Crippen LogP contribution in [0.5, 0.6) is 0 Å². The van der Waals surface area contributed by atoms with Crippen molar-refractivity contribution in [1.82, 2.24) is 15.5 Å².